The van der Waals surface area contributed by atoms with Gasteiger partial charge in [0.1, 0.15) is 12.1 Å². The molecule has 0 N–H and O–H groups in total. The first-order chi connectivity index (χ1) is 7.87. The van der Waals surface area contributed by atoms with Crippen LogP contribution in [-0.4, -0.2) is 53.1 Å². The van der Waals surface area contributed by atoms with Gasteiger partial charge in [-0.3, -0.25) is 9.69 Å². The summed E-state index contributed by atoms with van der Waals surface area (Å²) in [7, 11) is 0. The molecule has 2 aliphatic heterocycles. The topological polar surface area (TPSA) is 49.9 Å². The lowest BCUT2D eigenvalue weighted by molar-refractivity contribution is -0.137. The zero-order valence-electron chi connectivity index (χ0n) is 10.7. The molecule has 2 rings (SSSR count). The Morgan fingerprint density at radius 1 is 1.41 bits per heavy atom. The Balaban J connectivity index is 1.99. The van der Waals surface area contributed by atoms with E-state index in [9.17, 15) is 9.59 Å². The van der Waals surface area contributed by atoms with E-state index in [1.165, 1.54) is 4.90 Å². The van der Waals surface area contributed by atoms with Crippen molar-refractivity contribution in [2.45, 2.75) is 45.3 Å². The lowest BCUT2D eigenvalue weighted by Crippen LogP contribution is -2.56. The summed E-state index contributed by atoms with van der Waals surface area (Å²) in [6.45, 7) is 7.10. The fraction of sp³-hybridized carbons (Fsp3) is 0.833. The summed E-state index contributed by atoms with van der Waals surface area (Å²) in [5.74, 6) is 0.0459. The Kier molecular flexibility index (Phi) is 3.02. The molecule has 5 heteroatoms. The lowest BCUT2D eigenvalue weighted by Gasteiger charge is -2.37. The summed E-state index contributed by atoms with van der Waals surface area (Å²) in [5.41, 5.74) is -0.507. The molecule has 5 nitrogen and oxygen atoms in total. The molecule has 0 aromatic heterocycles. The summed E-state index contributed by atoms with van der Waals surface area (Å²) >= 11 is 0. The molecule has 0 aliphatic carbocycles. The standard InChI is InChI=1S/C12H20N2O3/c1-12(2,3)17-11(16)13-7-9-5-4-6-14(9)10(15)8-13/h9H,4-8H2,1-3H3. The Morgan fingerprint density at radius 2 is 2.12 bits per heavy atom. The summed E-state index contributed by atoms with van der Waals surface area (Å²) in [6, 6.07) is 0.198. The molecular weight excluding hydrogens is 220 g/mol. The van der Waals surface area contributed by atoms with E-state index in [4.69, 9.17) is 4.74 Å². The molecule has 2 fully saturated rings. The maximum Gasteiger partial charge on any atom is 0.410 e. The largest absolute Gasteiger partial charge is 0.444 e. The second-order valence-electron chi connectivity index (χ2n) is 5.74. The van der Waals surface area contributed by atoms with Gasteiger partial charge in [-0.25, -0.2) is 4.79 Å². The highest BCUT2D eigenvalue weighted by Crippen LogP contribution is 2.23. The monoisotopic (exact) mass is 240 g/mol. The summed E-state index contributed by atoms with van der Waals surface area (Å²) in [4.78, 5) is 27.1. The molecule has 0 aromatic rings. The van der Waals surface area contributed by atoms with E-state index < -0.39 is 5.60 Å². The van der Waals surface area contributed by atoms with E-state index in [1.54, 1.807) is 0 Å². The molecule has 0 spiro atoms. The molecule has 1 unspecified atom stereocenters. The molecule has 17 heavy (non-hydrogen) atoms. The first kappa shape index (κ1) is 12.2. The van der Waals surface area contributed by atoms with Crippen LogP contribution in [0.1, 0.15) is 33.6 Å². The zero-order chi connectivity index (χ0) is 12.6. The van der Waals surface area contributed by atoms with E-state index in [1.807, 2.05) is 25.7 Å². The van der Waals surface area contributed by atoms with Crippen molar-refractivity contribution in [1.29, 1.82) is 0 Å². The molecule has 0 saturated carbocycles. The van der Waals surface area contributed by atoms with Crippen LogP contribution >= 0.6 is 0 Å². The van der Waals surface area contributed by atoms with Crippen LogP contribution < -0.4 is 0 Å². The van der Waals surface area contributed by atoms with Crippen molar-refractivity contribution >= 4 is 12.0 Å². The maximum atomic E-state index is 11.9. The average Bonchev–Trinajstić information content (AvgIpc) is 2.63. The molecule has 2 heterocycles. The fourth-order valence-corrected chi connectivity index (χ4v) is 2.39. The van der Waals surface area contributed by atoms with Crippen molar-refractivity contribution in [1.82, 2.24) is 9.80 Å². The number of hydrogen-bond acceptors (Lipinski definition) is 3. The molecule has 96 valence electrons. The highest BCUT2D eigenvalue weighted by atomic mass is 16.6. The predicted molar refractivity (Wildman–Crippen MR) is 62.5 cm³/mol. The minimum atomic E-state index is -0.507. The third-order valence-corrected chi connectivity index (χ3v) is 3.11. The van der Waals surface area contributed by atoms with E-state index >= 15 is 0 Å². The Morgan fingerprint density at radius 3 is 2.76 bits per heavy atom. The van der Waals surface area contributed by atoms with Gasteiger partial charge in [-0.1, -0.05) is 0 Å². The Hall–Kier alpha value is -1.26. The molecule has 2 amide bonds. The normalized spacial score (nSPS) is 24.9. The number of nitrogens with zero attached hydrogens (tertiary/aromatic N) is 2. The van der Waals surface area contributed by atoms with Gasteiger partial charge < -0.3 is 9.64 Å². The van der Waals surface area contributed by atoms with Crippen molar-refractivity contribution in [3.8, 4) is 0 Å². The quantitative estimate of drug-likeness (QED) is 0.640. The smallest absolute Gasteiger partial charge is 0.410 e. The molecule has 0 radical (unpaired) electrons. The van der Waals surface area contributed by atoms with Crippen molar-refractivity contribution in [2.75, 3.05) is 19.6 Å². The van der Waals surface area contributed by atoms with Crippen molar-refractivity contribution in [2.24, 2.45) is 0 Å². The molecule has 1 atom stereocenters. The van der Waals surface area contributed by atoms with E-state index in [0.29, 0.717) is 6.54 Å². The third-order valence-electron chi connectivity index (χ3n) is 3.11. The number of carbonyl (C=O) groups excluding carboxylic acids is 2. The maximum absolute atomic E-state index is 11.9. The molecule has 2 aliphatic rings. The van der Waals surface area contributed by atoms with Gasteiger partial charge in [-0.2, -0.15) is 0 Å². The Labute approximate surface area is 102 Å². The number of carbonyl (C=O) groups is 2. The third kappa shape index (κ3) is 2.70. The van der Waals surface area contributed by atoms with Crippen molar-refractivity contribution in [3.63, 3.8) is 0 Å². The predicted octanol–water partition coefficient (Wildman–Crippen LogP) is 1.23. The number of ether oxygens (including phenoxy) is 1. The van der Waals surface area contributed by atoms with E-state index in [2.05, 4.69) is 0 Å². The fourth-order valence-electron chi connectivity index (χ4n) is 2.39. The van der Waals surface area contributed by atoms with Gasteiger partial charge in [0.2, 0.25) is 5.91 Å². The van der Waals surface area contributed by atoms with E-state index in [0.717, 1.165) is 19.4 Å². The van der Waals surface area contributed by atoms with E-state index in [-0.39, 0.29) is 24.6 Å². The first-order valence-electron chi connectivity index (χ1n) is 6.14. The van der Waals surface area contributed by atoms with Crippen molar-refractivity contribution < 1.29 is 14.3 Å². The number of rotatable bonds is 0. The Bertz CT molecular complexity index is 335. The molecular formula is C12H20N2O3. The van der Waals surface area contributed by atoms with Gasteiger partial charge in [-0.05, 0) is 33.6 Å². The second kappa shape index (κ2) is 4.20. The number of amides is 2. The molecule has 0 bridgehead atoms. The van der Waals surface area contributed by atoms with Crippen LogP contribution in [0.15, 0.2) is 0 Å². The second-order valence-corrected chi connectivity index (χ2v) is 5.74. The van der Waals surface area contributed by atoms with Crippen LogP contribution in [0.25, 0.3) is 0 Å². The van der Waals surface area contributed by atoms with Crippen LogP contribution in [0, 0.1) is 0 Å². The summed E-state index contributed by atoms with van der Waals surface area (Å²) in [6.07, 6.45) is 1.65. The minimum absolute atomic E-state index is 0.0459. The van der Waals surface area contributed by atoms with Gasteiger partial charge in [0.15, 0.2) is 0 Å². The number of piperazine rings is 1. The van der Waals surface area contributed by atoms with Crippen LogP contribution in [0.2, 0.25) is 0 Å². The van der Waals surface area contributed by atoms with Crippen LogP contribution in [0.3, 0.4) is 0 Å². The van der Waals surface area contributed by atoms with Crippen molar-refractivity contribution in [3.05, 3.63) is 0 Å². The minimum Gasteiger partial charge on any atom is -0.444 e. The number of hydrogen-bond donors (Lipinski definition) is 0. The van der Waals surface area contributed by atoms with Crippen LogP contribution in [0.4, 0.5) is 4.79 Å². The lowest BCUT2D eigenvalue weighted by atomic mass is 10.1. The van der Waals surface area contributed by atoms with Gasteiger partial charge in [0.05, 0.1) is 0 Å². The van der Waals surface area contributed by atoms with Gasteiger partial charge in [0.25, 0.3) is 0 Å². The summed E-state index contributed by atoms with van der Waals surface area (Å²) in [5, 5.41) is 0. The average molecular weight is 240 g/mol. The highest BCUT2D eigenvalue weighted by molar-refractivity contribution is 5.84. The summed E-state index contributed by atoms with van der Waals surface area (Å²) < 4.78 is 5.29. The van der Waals surface area contributed by atoms with Gasteiger partial charge >= 0.3 is 6.09 Å². The first-order valence-corrected chi connectivity index (χ1v) is 6.14. The number of fused-ring (bicyclic) bond motifs is 1. The SMILES string of the molecule is CC(C)(C)OC(=O)N1CC(=O)N2CCCC2C1. The van der Waals surface area contributed by atoms with Crippen LogP contribution in [-0.2, 0) is 9.53 Å². The highest BCUT2D eigenvalue weighted by Gasteiger charge is 2.38. The van der Waals surface area contributed by atoms with Gasteiger partial charge in [-0.15, -0.1) is 0 Å². The van der Waals surface area contributed by atoms with Gasteiger partial charge in [0, 0.05) is 19.1 Å². The molecule has 2 saturated heterocycles. The van der Waals surface area contributed by atoms with Crippen LogP contribution in [0.5, 0.6) is 0 Å². The molecule has 0 aromatic carbocycles. The zero-order valence-corrected chi connectivity index (χ0v) is 10.7.